The van der Waals surface area contributed by atoms with Gasteiger partial charge in [0.15, 0.2) is 0 Å². The van der Waals surface area contributed by atoms with Gasteiger partial charge in [0.05, 0.1) is 36.3 Å². The number of amides is 1. The van der Waals surface area contributed by atoms with Crippen molar-refractivity contribution in [2.24, 2.45) is 7.05 Å². The number of carbonyl (C=O) groups is 1. The van der Waals surface area contributed by atoms with Gasteiger partial charge in [0.25, 0.3) is 5.91 Å². The van der Waals surface area contributed by atoms with E-state index in [1.807, 2.05) is 29.9 Å². The molecule has 0 bridgehead atoms. The zero-order valence-electron chi connectivity index (χ0n) is 14.8. The number of aromatic amines is 1. The van der Waals surface area contributed by atoms with Crippen LogP contribution in [0.25, 0.3) is 11.0 Å². The van der Waals surface area contributed by atoms with Crippen LogP contribution in [0.4, 0.5) is 0 Å². The number of imidazole rings is 1. The molecule has 136 valence electrons. The van der Waals surface area contributed by atoms with Gasteiger partial charge < -0.3 is 19.6 Å². The number of rotatable bonds is 4. The number of nitrogens with zero attached hydrogens (tertiary/aromatic N) is 4. The molecule has 0 spiro atoms. The largest absolute Gasteiger partial charge is 0.373 e. The monoisotopic (exact) mass is 354 g/mol. The summed E-state index contributed by atoms with van der Waals surface area (Å²) >= 11 is 0. The van der Waals surface area contributed by atoms with Crippen LogP contribution in [0.15, 0.2) is 37.1 Å². The minimum Gasteiger partial charge on any atom is -0.373 e. The first-order valence-electron chi connectivity index (χ1n) is 8.63. The number of fused-ring (bicyclic) bond motifs is 1. The third kappa shape index (κ3) is 2.97. The van der Waals surface area contributed by atoms with Gasteiger partial charge in [-0.2, -0.15) is 0 Å². The Labute approximate surface area is 151 Å². The van der Waals surface area contributed by atoms with E-state index in [1.54, 1.807) is 18.7 Å². The number of ether oxygens (including phenoxy) is 1. The summed E-state index contributed by atoms with van der Waals surface area (Å²) in [5.41, 5.74) is 2.37. The quantitative estimate of drug-likeness (QED) is 0.732. The van der Waals surface area contributed by atoms with Gasteiger partial charge >= 0.3 is 0 Å². The van der Waals surface area contributed by atoms with E-state index in [0.717, 1.165) is 17.6 Å². The maximum Gasteiger partial charge on any atom is 0.253 e. The van der Waals surface area contributed by atoms with Gasteiger partial charge in [0.2, 0.25) is 0 Å². The molecule has 4 rings (SSSR count). The Morgan fingerprint density at radius 2 is 2.35 bits per heavy atom. The minimum atomic E-state index is -0.142. The van der Waals surface area contributed by atoms with Gasteiger partial charge in [-0.15, -0.1) is 0 Å². The molecule has 2 atom stereocenters. The van der Waals surface area contributed by atoms with Crippen molar-refractivity contribution in [3.8, 4) is 0 Å². The van der Waals surface area contributed by atoms with Crippen LogP contribution in [-0.4, -0.2) is 63.2 Å². The molecule has 8 nitrogen and oxygen atoms in total. The van der Waals surface area contributed by atoms with E-state index in [4.69, 9.17) is 4.74 Å². The van der Waals surface area contributed by atoms with Crippen LogP contribution in [0.5, 0.6) is 0 Å². The third-order valence-corrected chi connectivity index (χ3v) is 4.92. The van der Waals surface area contributed by atoms with E-state index >= 15 is 0 Å². The average molecular weight is 354 g/mol. The lowest BCUT2D eigenvalue weighted by Crippen LogP contribution is -2.48. The van der Waals surface area contributed by atoms with Crippen LogP contribution in [0.3, 0.4) is 0 Å². The number of morpholine rings is 1. The van der Waals surface area contributed by atoms with Crippen LogP contribution < -0.4 is 5.32 Å². The summed E-state index contributed by atoms with van der Waals surface area (Å²) in [7, 11) is 4.04. The fourth-order valence-electron chi connectivity index (χ4n) is 3.53. The van der Waals surface area contributed by atoms with Crippen LogP contribution in [0.1, 0.15) is 22.1 Å². The van der Waals surface area contributed by atoms with E-state index in [0.29, 0.717) is 24.4 Å². The van der Waals surface area contributed by atoms with Gasteiger partial charge in [-0.25, -0.2) is 9.97 Å². The first-order chi connectivity index (χ1) is 12.6. The average Bonchev–Trinajstić information content (AvgIpc) is 3.26. The van der Waals surface area contributed by atoms with Crippen molar-refractivity contribution in [3.63, 3.8) is 0 Å². The topological polar surface area (TPSA) is 88.1 Å². The van der Waals surface area contributed by atoms with E-state index in [-0.39, 0.29) is 18.1 Å². The number of hydrogen-bond acceptors (Lipinski definition) is 5. The number of aromatic nitrogens is 4. The number of likely N-dealkylation sites (N-methyl/N-ethyl adjacent to an activating group) is 1. The third-order valence-electron chi connectivity index (χ3n) is 4.92. The van der Waals surface area contributed by atoms with Crippen molar-refractivity contribution in [1.29, 1.82) is 0 Å². The highest BCUT2D eigenvalue weighted by Gasteiger charge is 2.33. The van der Waals surface area contributed by atoms with Crippen molar-refractivity contribution in [2.75, 3.05) is 26.7 Å². The molecule has 0 unspecified atom stereocenters. The predicted molar refractivity (Wildman–Crippen MR) is 96.7 cm³/mol. The Morgan fingerprint density at radius 1 is 1.46 bits per heavy atom. The maximum atomic E-state index is 12.7. The summed E-state index contributed by atoms with van der Waals surface area (Å²) < 4.78 is 7.97. The Morgan fingerprint density at radius 3 is 3.15 bits per heavy atom. The highest BCUT2D eigenvalue weighted by molar-refractivity contribution is 6.05. The summed E-state index contributed by atoms with van der Waals surface area (Å²) in [6.45, 7) is 1.91. The van der Waals surface area contributed by atoms with Crippen molar-refractivity contribution in [2.45, 2.75) is 12.1 Å². The van der Waals surface area contributed by atoms with Crippen LogP contribution in [0.2, 0.25) is 0 Å². The highest BCUT2D eigenvalue weighted by atomic mass is 16.5. The van der Waals surface area contributed by atoms with Gasteiger partial charge in [-0.05, 0) is 19.2 Å². The molecule has 1 aliphatic rings. The zero-order valence-corrected chi connectivity index (χ0v) is 14.8. The number of H-pyrrole nitrogens is 1. The molecule has 26 heavy (non-hydrogen) atoms. The molecule has 1 aliphatic heterocycles. The smallest absolute Gasteiger partial charge is 0.253 e. The second-order valence-electron chi connectivity index (χ2n) is 6.58. The fraction of sp³-hybridized carbons (Fsp3) is 0.389. The van der Waals surface area contributed by atoms with Gasteiger partial charge in [-0.1, -0.05) is 0 Å². The Balaban J connectivity index is 1.50. The Kier molecular flexibility index (Phi) is 4.44. The lowest BCUT2D eigenvalue weighted by molar-refractivity contribution is -0.0626. The van der Waals surface area contributed by atoms with Crippen molar-refractivity contribution in [3.05, 3.63) is 48.3 Å². The van der Waals surface area contributed by atoms with Crippen LogP contribution >= 0.6 is 0 Å². The SMILES string of the molecule is CN1CCO[C@@H](CNC(=O)c2c[nH]c3ncccc23)[C@@H]1c1cncn1C. The summed E-state index contributed by atoms with van der Waals surface area (Å²) in [6.07, 6.45) is 6.89. The first kappa shape index (κ1) is 16.7. The van der Waals surface area contributed by atoms with E-state index in [2.05, 4.69) is 32.2 Å². The first-order valence-corrected chi connectivity index (χ1v) is 8.63. The molecule has 4 heterocycles. The van der Waals surface area contributed by atoms with E-state index < -0.39 is 0 Å². The van der Waals surface area contributed by atoms with Gasteiger partial charge in [-0.3, -0.25) is 9.69 Å². The molecule has 3 aromatic rings. The van der Waals surface area contributed by atoms with Gasteiger partial charge in [0.1, 0.15) is 5.65 Å². The fourth-order valence-corrected chi connectivity index (χ4v) is 3.53. The van der Waals surface area contributed by atoms with Crippen molar-refractivity contribution in [1.82, 2.24) is 29.7 Å². The molecular weight excluding hydrogens is 332 g/mol. The lowest BCUT2D eigenvalue weighted by Gasteiger charge is -2.39. The number of aryl methyl sites for hydroxylation is 1. The van der Waals surface area contributed by atoms with E-state index in [1.165, 1.54) is 0 Å². The van der Waals surface area contributed by atoms with Crippen LogP contribution in [-0.2, 0) is 11.8 Å². The summed E-state index contributed by atoms with van der Waals surface area (Å²) in [4.78, 5) is 26.4. The highest BCUT2D eigenvalue weighted by Crippen LogP contribution is 2.27. The number of pyridine rings is 1. The molecule has 1 amide bonds. The standard InChI is InChI=1S/C18H22N6O2/c1-23-6-7-26-15(16(23)14-9-19-11-24(14)2)10-22-18(25)13-8-21-17-12(13)4-3-5-20-17/h3-5,8-9,11,15-16H,6-7,10H2,1-2H3,(H,20,21)(H,22,25)/t15-,16-/m0/s1. The normalized spacial score (nSPS) is 21.2. The Hall–Kier alpha value is -2.71. The second-order valence-corrected chi connectivity index (χ2v) is 6.58. The molecule has 2 N–H and O–H groups in total. The molecule has 8 heteroatoms. The lowest BCUT2D eigenvalue weighted by atomic mass is 10.0. The molecule has 0 aromatic carbocycles. The molecule has 1 saturated heterocycles. The molecule has 3 aromatic heterocycles. The molecule has 0 radical (unpaired) electrons. The van der Waals surface area contributed by atoms with Crippen molar-refractivity contribution < 1.29 is 9.53 Å². The van der Waals surface area contributed by atoms with Crippen molar-refractivity contribution >= 4 is 16.9 Å². The maximum absolute atomic E-state index is 12.7. The second kappa shape index (κ2) is 6.89. The number of hydrogen-bond donors (Lipinski definition) is 2. The number of nitrogens with one attached hydrogen (secondary N) is 2. The zero-order chi connectivity index (χ0) is 18.1. The summed E-state index contributed by atoms with van der Waals surface area (Å²) in [5.74, 6) is -0.134. The van der Waals surface area contributed by atoms with Crippen LogP contribution in [0, 0.1) is 0 Å². The summed E-state index contributed by atoms with van der Waals surface area (Å²) in [6, 6.07) is 3.75. The minimum absolute atomic E-state index is 0.0428. The molecule has 1 fully saturated rings. The predicted octanol–water partition coefficient (Wildman–Crippen LogP) is 1.10. The van der Waals surface area contributed by atoms with E-state index in [9.17, 15) is 4.79 Å². The Bertz CT molecular complexity index is 917. The molecular formula is C18H22N6O2. The number of carbonyl (C=O) groups excluding carboxylic acids is 1. The van der Waals surface area contributed by atoms with Gasteiger partial charge in [0, 0.05) is 44.1 Å². The molecule has 0 aliphatic carbocycles. The molecule has 0 saturated carbocycles. The summed E-state index contributed by atoms with van der Waals surface area (Å²) in [5, 5.41) is 3.83.